The van der Waals surface area contributed by atoms with Gasteiger partial charge in [-0.3, -0.25) is 14.0 Å². The van der Waals surface area contributed by atoms with Crippen molar-refractivity contribution < 1.29 is 14.3 Å². The van der Waals surface area contributed by atoms with Gasteiger partial charge in [0.05, 0.1) is 19.4 Å². The van der Waals surface area contributed by atoms with Crippen LogP contribution in [0.15, 0.2) is 95.7 Å². The van der Waals surface area contributed by atoms with E-state index in [1.54, 1.807) is 26.2 Å². The third-order valence-electron chi connectivity index (χ3n) is 6.87. The first kappa shape index (κ1) is 26.1. The van der Waals surface area contributed by atoms with Gasteiger partial charge in [0.15, 0.2) is 17.3 Å². The number of hydrogen-bond donors (Lipinski definition) is 0. The van der Waals surface area contributed by atoms with E-state index in [4.69, 9.17) is 9.47 Å². The summed E-state index contributed by atoms with van der Waals surface area (Å²) in [7, 11) is 1.47. The molecule has 1 fully saturated rings. The SMILES string of the molecule is COc1cc(C(C)=O)ccc1OCCCN1CCN(C2=CC=S(c3ccccc3)N2c2ccccc2)CC1. The van der Waals surface area contributed by atoms with Gasteiger partial charge in [-0.05, 0) is 67.3 Å². The predicted molar refractivity (Wildman–Crippen MR) is 156 cm³/mol. The molecule has 3 aromatic carbocycles. The number of nitrogens with zero attached hydrogens (tertiary/aromatic N) is 3. The Morgan fingerprint density at radius 1 is 0.895 bits per heavy atom. The van der Waals surface area contributed by atoms with E-state index < -0.39 is 0 Å². The summed E-state index contributed by atoms with van der Waals surface area (Å²) in [4.78, 5) is 18.0. The highest BCUT2D eigenvalue weighted by atomic mass is 32.2. The summed E-state index contributed by atoms with van der Waals surface area (Å²) >= 11 is 0. The molecule has 7 heteroatoms. The van der Waals surface area contributed by atoms with Crippen LogP contribution in [0.25, 0.3) is 0 Å². The number of rotatable bonds is 10. The number of benzene rings is 3. The molecule has 2 aliphatic heterocycles. The minimum atomic E-state index is -0.136. The number of para-hydroxylation sites is 1. The first-order valence-electron chi connectivity index (χ1n) is 13.1. The van der Waals surface area contributed by atoms with Crippen LogP contribution in [0, 0.1) is 0 Å². The van der Waals surface area contributed by atoms with Gasteiger partial charge in [-0.25, -0.2) is 0 Å². The Hall–Kier alpha value is -3.55. The standard InChI is InChI=1S/C31H35N3O3S/c1-25(35)26-14-15-29(30(24-26)36-2)37-22-9-17-32-18-20-33(21-19-32)31-16-23-38(28-12-7-4-8-13-28)34(31)27-10-5-3-6-11-27/h3-8,10-16,23-24H,9,17-22H2,1-2H3. The molecule has 1 saturated heterocycles. The Kier molecular flexibility index (Phi) is 8.46. The van der Waals surface area contributed by atoms with Gasteiger partial charge in [-0.15, -0.1) is 0 Å². The second-order valence-corrected chi connectivity index (χ2v) is 11.1. The zero-order valence-electron chi connectivity index (χ0n) is 22.1. The molecule has 38 heavy (non-hydrogen) atoms. The molecule has 0 bridgehead atoms. The predicted octanol–water partition coefficient (Wildman–Crippen LogP) is 5.69. The van der Waals surface area contributed by atoms with E-state index in [-0.39, 0.29) is 16.5 Å². The van der Waals surface area contributed by atoms with E-state index in [1.165, 1.54) is 16.4 Å². The Balaban J connectivity index is 1.14. The number of hydrogen-bond acceptors (Lipinski definition) is 6. The van der Waals surface area contributed by atoms with Crippen LogP contribution in [0.4, 0.5) is 5.69 Å². The second kappa shape index (κ2) is 12.3. The van der Waals surface area contributed by atoms with Crippen molar-refractivity contribution in [2.45, 2.75) is 18.2 Å². The molecule has 3 aromatic rings. The van der Waals surface area contributed by atoms with Crippen molar-refractivity contribution >= 4 is 27.5 Å². The lowest BCUT2D eigenvalue weighted by Gasteiger charge is -2.40. The van der Waals surface area contributed by atoms with Gasteiger partial charge >= 0.3 is 0 Å². The normalized spacial score (nSPS) is 17.6. The lowest BCUT2D eigenvalue weighted by Crippen LogP contribution is -2.48. The molecule has 1 unspecified atom stereocenters. The van der Waals surface area contributed by atoms with E-state index >= 15 is 0 Å². The second-order valence-electron chi connectivity index (χ2n) is 9.37. The van der Waals surface area contributed by atoms with Gasteiger partial charge < -0.3 is 14.4 Å². The van der Waals surface area contributed by atoms with Gasteiger partial charge in [0.25, 0.3) is 0 Å². The molecular weight excluding hydrogens is 494 g/mol. The van der Waals surface area contributed by atoms with Crippen molar-refractivity contribution in [2.24, 2.45) is 0 Å². The van der Waals surface area contributed by atoms with Crippen LogP contribution in [0.5, 0.6) is 11.5 Å². The molecule has 0 amide bonds. The van der Waals surface area contributed by atoms with Crippen LogP contribution in [0.3, 0.4) is 0 Å². The van der Waals surface area contributed by atoms with E-state index in [0.717, 1.165) is 39.1 Å². The third-order valence-corrected chi connectivity index (χ3v) is 8.81. The van der Waals surface area contributed by atoms with E-state index in [1.807, 2.05) is 6.07 Å². The van der Waals surface area contributed by atoms with Gasteiger partial charge in [0.2, 0.25) is 0 Å². The number of methoxy groups -OCH3 is 1. The van der Waals surface area contributed by atoms with E-state index in [0.29, 0.717) is 23.7 Å². The summed E-state index contributed by atoms with van der Waals surface area (Å²) in [5.41, 5.74) is 1.86. The summed E-state index contributed by atoms with van der Waals surface area (Å²) in [6.07, 6.45) is 3.24. The fraction of sp³-hybridized carbons (Fsp3) is 0.290. The average molecular weight is 530 g/mol. The number of ketones is 1. The molecule has 0 saturated carbocycles. The van der Waals surface area contributed by atoms with Crippen molar-refractivity contribution in [3.05, 3.63) is 96.3 Å². The van der Waals surface area contributed by atoms with Gasteiger partial charge in [-0.1, -0.05) is 47.1 Å². The molecule has 0 N–H and O–H groups in total. The number of carbonyl (C=O) groups excluding carboxylic acids is 1. The molecule has 2 heterocycles. The Morgan fingerprint density at radius 3 is 2.29 bits per heavy atom. The third kappa shape index (κ3) is 5.95. The van der Waals surface area contributed by atoms with E-state index in [9.17, 15) is 4.79 Å². The van der Waals surface area contributed by atoms with Crippen molar-refractivity contribution in [1.82, 2.24) is 9.80 Å². The van der Waals surface area contributed by atoms with Crippen LogP contribution in [0.2, 0.25) is 0 Å². The highest BCUT2D eigenvalue weighted by molar-refractivity contribution is 8.16. The molecule has 2 aliphatic rings. The molecule has 0 radical (unpaired) electrons. The highest BCUT2D eigenvalue weighted by Gasteiger charge is 2.28. The van der Waals surface area contributed by atoms with Crippen molar-refractivity contribution in [2.75, 3.05) is 50.7 Å². The molecule has 0 aliphatic carbocycles. The highest BCUT2D eigenvalue weighted by Crippen LogP contribution is 2.42. The van der Waals surface area contributed by atoms with Crippen molar-refractivity contribution in [1.29, 1.82) is 0 Å². The molecular formula is C31H35N3O3S. The smallest absolute Gasteiger partial charge is 0.161 e. The van der Waals surface area contributed by atoms with Gasteiger partial charge in [-0.2, -0.15) is 0 Å². The van der Waals surface area contributed by atoms with Crippen LogP contribution in [-0.4, -0.2) is 67.4 Å². The Labute approximate surface area is 228 Å². The number of ether oxygens (including phenoxy) is 2. The van der Waals surface area contributed by atoms with Crippen LogP contribution in [0.1, 0.15) is 23.7 Å². The minimum Gasteiger partial charge on any atom is -0.493 e. The van der Waals surface area contributed by atoms with Gasteiger partial charge in [0.1, 0.15) is 5.82 Å². The molecule has 0 aromatic heterocycles. The summed E-state index contributed by atoms with van der Waals surface area (Å²) in [5, 5.41) is 2.35. The number of allylic oxidation sites excluding steroid dienone is 1. The first-order valence-corrected chi connectivity index (χ1v) is 14.4. The molecule has 0 spiro atoms. The topological polar surface area (TPSA) is 45.3 Å². The maximum absolute atomic E-state index is 11.6. The number of piperazine rings is 1. The summed E-state index contributed by atoms with van der Waals surface area (Å²) in [6, 6.07) is 26.8. The molecule has 5 rings (SSSR count). The Bertz CT molecular complexity index is 1300. The molecule has 198 valence electrons. The fourth-order valence-corrected chi connectivity index (χ4v) is 6.72. The van der Waals surface area contributed by atoms with Crippen LogP contribution >= 0.6 is 10.7 Å². The minimum absolute atomic E-state index is 0.0168. The van der Waals surface area contributed by atoms with Crippen molar-refractivity contribution in [3.8, 4) is 11.5 Å². The number of Topliss-reactive ketones (excluding diaryl/α,β-unsaturated/α-hetero) is 1. The summed E-state index contributed by atoms with van der Waals surface area (Å²) in [5.74, 6) is 2.59. The summed E-state index contributed by atoms with van der Waals surface area (Å²) < 4.78 is 13.9. The zero-order chi connectivity index (χ0) is 26.3. The zero-order valence-corrected chi connectivity index (χ0v) is 22.9. The van der Waals surface area contributed by atoms with Crippen LogP contribution < -0.4 is 13.8 Å². The average Bonchev–Trinajstić information content (AvgIpc) is 3.42. The van der Waals surface area contributed by atoms with E-state index in [2.05, 4.69) is 86.2 Å². The van der Waals surface area contributed by atoms with Crippen LogP contribution in [-0.2, 0) is 0 Å². The monoisotopic (exact) mass is 529 g/mol. The first-order chi connectivity index (χ1) is 18.6. The molecule has 6 nitrogen and oxygen atoms in total. The summed E-state index contributed by atoms with van der Waals surface area (Å²) in [6.45, 7) is 7.19. The fourth-order valence-electron chi connectivity index (χ4n) is 4.82. The lowest BCUT2D eigenvalue weighted by atomic mass is 10.1. The maximum atomic E-state index is 11.6. The lowest BCUT2D eigenvalue weighted by molar-refractivity contribution is 0.101. The number of anilines is 1. The Morgan fingerprint density at radius 2 is 1.61 bits per heavy atom. The maximum Gasteiger partial charge on any atom is 0.161 e. The van der Waals surface area contributed by atoms with Crippen molar-refractivity contribution in [3.63, 3.8) is 0 Å². The molecule has 1 atom stereocenters. The largest absolute Gasteiger partial charge is 0.493 e. The quantitative estimate of drug-likeness (QED) is 0.191. The van der Waals surface area contributed by atoms with Gasteiger partial charge in [0, 0.05) is 43.2 Å². The number of carbonyl (C=O) groups is 1.